The van der Waals surface area contributed by atoms with Gasteiger partial charge in [0.15, 0.2) is 0 Å². The Bertz CT molecular complexity index is 270. The summed E-state index contributed by atoms with van der Waals surface area (Å²) in [5.41, 5.74) is 8.21. The molecule has 0 radical (unpaired) electrons. The van der Waals surface area contributed by atoms with E-state index in [1.54, 1.807) is 6.08 Å². The van der Waals surface area contributed by atoms with Gasteiger partial charge in [-0.05, 0) is 11.6 Å². The lowest BCUT2D eigenvalue weighted by Gasteiger charge is -2.23. The van der Waals surface area contributed by atoms with Crippen LogP contribution >= 0.6 is 0 Å². The van der Waals surface area contributed by atoms with Crippen LogP contribution in [0.25, 0.3) is 10.4 Å². The predicted octanol–water partition coefficient (Wildman–Crippen LogP) is 1.14. The number of nitrogens with zero attached hydrogens (tertiary/aromatic N) is 3. The molecule has 0 N–H and O–H groups in total. The van der Waals surface area contributed by atoms with Crippen LogP contribution in [0.15, 0.2) is 17.5 Å². The molecular formula is C7H9N3O3. The van der Waals surface area contributed by atoms with Crippen molar-refractivity contribution in [2.24, 2.45) is 5.11 Å². The first-order valence-corrected chi connectivity index (χ1v) is 3.73. The summed E-state index contributed by atoms with van der Waals surface area (Å²) < 4.78 is 9.79. The Hall–Kier alpha value is -1.68. The second-order valence-corrected chi connectivity index (χ2v) is 2.51. The molecule has 1 aliphatic rings. The molecule has 0 bridgehead atoms. The molecule has 0 spiro atoms. The fourth-order valence-electron chi connectivity index (χ4n) is 0.998. The first kappa shape index (κ1) is 9.41. The summed E-state index contributed by atoms with van der Waals surface area (Å²) >= 11 is 0. The summed E-state index contributed by atoms with van der Waals surface area (Å²) in [5, 5.41) is 3.45. The van der Waals surface area contributed by atoms with Crippen molar-refractivity contribution in [2.75, 3.05) is 6.61 Å². The van der Waals surface area contributed by atoms with E-state index in [0.717, 1.165) is 0 Å². The van der Waals surface area contributed by atoms with Crippen LogP contribution in [0.5, 0.6) is 0 Å². The van der Waals surface area contributed by atoms with E-state index in [9.17, 15) is 4.79 Å². The van der Waals surface area contributed by atoms with Gasteiger partial charge < -0.3 is 9.47 Å². The van der Waals surface area contributed by atoms with Crippen LogP contribution in [-0.4, -0.2) is 24.7 Å². The Kier molecular flexibility index (Phi) is 3.16. The standard InChI is InChI=1S/C7H9N3O3/c1-5(11)13-7-4-12-3-2-6(7)9-10-8/h2-3,6-7H,4H2,1H3. The van der Waals surface area contributed by atoms with Crippen molar-refractivity contribution < 1.29 is 14.3 Å². The molecule has 0 amide bonds. The van der Waals surface area contributed by atoms with Crippen LogP contribution in [0.4, 0.5) is 0 Å². The molecule has 2 atom stereocenters. The fraction of sp³-hybridized carbons (Fsp3) is 0.571. The third-order valence-electron chi connectivity index (χ3n) is 1.52. The molecule has 0 aliphatic carbocycles. The number of hydrogen-bond acceptors (Lipinski definition) is 4. The Morgan fingerprint density at radius 1 is 1.85 bits per heavy atom. The average molecular weight is 183 g/mol. The second kappa shape index (κ2) is 4.37. The SMILES string of the molecule is CC(=O)OC1COC=CC1N=[N+]=[N-]. The molecule has 1 heterocycles. The van der Waals surface area contributed by atoms with Crippen LogP contribution in [0.1, 0.15) is 6.92 Å². The summed E-state index contributed by atoms with van der Waals surface area (Å²) in [6.07, 6.45) is 2.47. The molecule has 6 nitrogen and oxygen atoms in total. The van der Waals surface area contributed by atoms with E-state index < -0.39 is 18.1 Å². The molecule has 6 heteroatoms. The van der Waals surface area contributed by atoms with E-state index in [0.29, 0.717) is 0 Å². The highest BCUT2D eigenvalue weighted by Crippen LogP contribution is 2.12. The normalized spacial score (nSPS) is 25.6. The van der Waals surface area contributed by atoms with E-state index in [4.69, 9.17) is 15.0 Å². The van der Waals surface area contributed by atoms with Gasteiger partial charge >= 0.3 is 5.97 Å². The zero-order valence-corrected chi connectivity index (χ0v) is 7.08. The lowest BCUT2D eigenvalue weighted by Crippen LogP contribution is -2.34. The fourth-order valence-corrected chi connectivity index (χ4v) is 0.998. The highest BCUT2D eigenvalue weighted by atomic mass is 16.6. The number of carbonyl (C=O) groups is 1. The van der Waals surface area contributed by atoms with Gasteiger partial charge in [-0.1, -0.05) is 5.11 Å². The zero-order valence-electron chi connectivity index (χ0n) is 7.08. The van der Waals surface area contributed by atoms with Gasteiger partial charge in [0.1, 0.15) is 12.7 Å². The summed E-state index contributed by atoms with van der Waals surface area (Å²) in [6.45, 7) is 1.52. The van der Waals surface area contributed by atoms with E-state index in [1.807, 2.05) is 0 Å². The maximum Gasteiger partial charge on any atom is 0.303 e. The third-order valence-corrected chi connectivity index (χ3v) is 1.52. The Morgan fingerprint density at radius 2 is 2.62 bits per heavy atom. The predicted molar refractivity (Wildman–Crippen MR) is 43.6 cm³/mol. The Labute approximate surface area is 74.8 Å². The maximum absolute atomic E-state index is 10.6. The molecule has 0 aromatic rings. The quantitative estimate of drug-likeness (QED) is 0.278. The van der Waals surface area contributed by atoms with Gasteiger partial charge in [0, 0.05) is 11.8 Å². The van der Waals surface area contributed by atoms with Crippen molar-refractivity contribution in [3.05, 3.63) is 22.8 Å². The van der Waals surface area contributed by atoms with E-state index in [-0.39, 0.29) is 6.61 Å². The molecule has 0 fully saturated rings. The van der Waals surface area contributed by atoms with Crippen molar-refractivity contribution in [3.63, 3.8) is 0 Å². The summed E-state index contributed by atoms with van der Waals surface area (Å²) in [4.78, 5) is 13.3. The summed E-state index contributed by atoms with van der Waals surface area (Å²) in [5.74, 6) is -0.415. The molecule has 2 unspecified atom stereocenters. The molecule has 1 rings (SSSR count). The van der Waals surface area contributed by atoms with Crippen molar-refractivity contribution in [1.29, 1.82) is 0 Å². The van der Waals surface area contributed by atoms with Gasteiger partial charge in [-0.25, -0.2) is 0 Å². The molecule has 70 valence electrons. The van der Waals surface area contributed by atoms with Crippen molar-refractivity contribution in [3.8, 4) is 0 Å². The highest BCUT2D eigenvalue weighted by molar-refractivity contribution is 5.66. The first-order valence-electron chi connectivity index (χ1n) is 3.73. The van der Waals surface area contributed by atoms with Crippen LogP contribution in [0, 0.1) is 0 Å². The number of esters is 1. The lowest BCUT2D eigenvalue weighted by molar-refractivity contribution is -0.149. The minimum atomic E-state index is -0.515. The van der Waals surface area contributed by atoms with Crippen LogP contribution in [-0.2, 0) is 14.3 Å². The minimum Gasteiger partial charge on any atom is -0.498 e. The smallest absolute Gasteiger partial charge is 0.303 e. The monoisotopic (exact) mass is 183 g/mol. The Morgan fingerprint density at radius 3 is 3.23 bits per heavy atom. The van der Waals surface area contributed by atoms with Gasteiger partial charge in [0.05, 0.1) is 12.3 Å². The number of carbonyl (C=O) groups excluding carboxylic acids is 1. The van der Waals surface area contributed by atoms with Crippen molar-refractivity contribution >= 4 is 5.97 Å². The molecule has 0 saturated carbocycles. The van der Waals surface area contributed by atoms with E-state index >= 15 is 0 Å². The highest BCUT2D eigenvalue weighted by Gasteiger charge is 2.24. The minimum absolute atomic E-state index is 0.222. The molecule has 1 aliphatic heterocycles. The van der Waals surface area contributed by atoms with Gasteiger partial charge in [0.25, 0.3) is 0 Å². The number of rotatable bonds is 2. The first-order chi connectivity index (χ1) is 6.24. The third kappa shape index (κ3) is 2.68. The zero-order chi connectivity index (χ0) is 9.68. The van der Waals surface area contributed by atoms with Crippen LogP contribution < -0.4 is 0 Å². The van der Waals surface area contributed by atoms with Gasteiger partial charge in [-0.3, -0.25) is 4.79 Å². The molecule has 0 aromatic heterocycles. The van der Waals surface area contributed by atoms with E-state index in [2.05, 4.69) is 10.0 Å². The van der Waals surface area contributed by atoms with E-state index in [1.165, 1.54) is 13.2 Å². The second-order valence-electron chi connectivity index (χ2n) is 2.51. The van der Waals surface area contributed by atoms with Crippen molar-refractivity contribution in [2.45, 2.75) is 19.1 Å². The Balaban J connectivity index is 2.65. The molecule has 0 saturated heterocycles. The number of ether oxygens (including phenoxy) is 2. The topological polar surface area (TPSA) is 84.3 Å². The average Bonchev–Trinajstić information content (AvgIpc) is 2.08. The van der Waals surface area contributed by atoms with Gasteiger partial charge in [-0.2, -0.15) is 0 Å². The summed E-state index contributed by atoms with van der Waals surface area (Å²) in [6, 6.07) is -0.470. The molecule has 13 heavy (non-hydrogen) atoms. The number of azide groups is 1. The van der Waals surface area contributed by atoms with Crippen molar-refractivity contribution in [1.82, 2.24) is 0 Å². The van der Waals surface area contributed by atoms with Crippen LogP contribution in [0.3, 0.4) is 0 Å². The lowest BCUT2D eigenvalue weighted by atomic mass is 10.1. The molecular weight excluding hydrogens is 174 g/mol. The van der Waals surface area contributed by atoms with Gasteiger partial charge in [-0.15, -0.1) is 0 Å². The van der Waals surface area contributed by atoms with Gasteiger partial charge in [0.2, 0.25) is 0 Å². The maximum atomic E-state index is 10.6. The van der Waals surface area contributed by atoms with Crippen LogP contribution in [0.2, 0.25) is 0 Å². The summed E-state index contributed by atoms with van der Waals surface area (Å²) in [7, 11) is 0. The molecule has 0 aromatic carbocycles. The number of hydrogen-bond donors (Lipinski definition) is 0. The largest absolute Gasteiger partial charge is 0.498 e.